The first-order chi connectivity index (χ1) is 12.5. The van der Waals surface area contributed by atoms with Gasteiger partial charge in [-0.3, -0.25) is 19.9 Å². The minimum Gasteiger partial charge on any atom is -0.457 e. The second-order valence-corrected chi connectivity index (χ2v) is 5.25. The Morgan fingerprint density at radius 2 is 1.65 bits per heavy atom. The van der Waals surface area contributed by atoms with E-state index in [2.05, 4.69) is 4.98 Å². The molecule has 3 rings (SSSR count). The summed E-state index contributed by atoms with van der Waals surface area (Å²) in [6.45, 7) is 0. The lowest BCUT2D eigenvalue weighted by atomic mass is 10.2. The highest BCUT2D eigenvalue weighted by Gasteiger charge is 2.18. The number of nitrogens with one attached hydrogen (secondary N) is 2. The molecule has 0 saturated heterocycles. The Hall–Kier alpha value is -3.94. The predicted molar refractivity (Wildman–Crippen MR) is 96.2 cm³/mol. The fraction of sp³-hybridized carbons (Fsp3) is 0. The number of hydrogen-bond acceptors (Lipinski definition) is 5. The smallest absolute Gasteiger partial charge is 0.357 e. The SMILES string of the molecule is O=c1[nH]c(C=Cc2cccc(Oc3ccccc3)c2)c([N+](=O)[O-])c(=O)[nH]1. The third-order valence-electron chi connectivity index (χ3n) is 3.41. The van der Waals surface area contributed by atoms with Gasteiger partial charge in [-0.25, -0.2) is 4.79 Å². The maximum absolute atomic E-state index is 11.6. The Morgan fingerprint density at radius 1 is 0.923 bits per heavy atom. The molecule has 0 saturated carbocycles. The van der Waals surface area contributed by atoms with Gasteiger partial charge in [-0.05, 0) is 35.9 Å². The van der Waals surface area contributed by atoms with Crippen LogP contribution in [0.5, 0.6) is 11.5 Å². The van der Waals surface area contributed by atoms with Crippen LogP contribution in [0.1, 0.15) is 11.3 Å². The van der Waals surface area contributed by atoms with Crippen molar-refractivity contribution in [1.82, 2.24) is 9.97 Å². The summed E-state index contributed by atoms with van der Waals surface area (Å²) in [6.07, 6.45) is 2.84. The van der Waals surface area contributed by atoms with Gasteiger partial charge in [0.05, 0.1) is 4.92 Å². The summed E-state index contributed by atoms with van der Waals surface area (Å²) in [4.78, 5) is 37.2. The Labute approximate surface area is 146 Å². The summed E-state index contributed by atoms with van der Waals surface area (Å²) >= 11 is 0. The Kier molecular flexibility index (Phi) is 4.75. The van der Waals surface area contributed by atoms with E-state index in [4.69, 9.17) is 4.74 Å². The largest absolute Gasteiger partial charge is 0.457 e. The van der Waals surface area contributed by atoms with E-state index in [0.29, 0.717) is 17.1 Å². The topological polar surface area (TPSA) is 118 Å². The summed E-state index contributed by atoms with van der Waals surface area (Å²) < 4.78 is 5.72. The number of rotatable bonds is 5. The Morgan fingerprint density at radius 3 is 2.38 bits per heavy atom. The number of nitro groups is 1. The number of benzene rings is 2. The average molecular weight is 351 g/mol. The zero-order chi connectivity index (χ0) is 18.5. The van der Waals surface area contributed by atoms with Crippen LogP contribution in [0.25, 0.3) is 12.2 Å². The lowest BCUT2D eigenvalue weighted by Gasteiger charge is -2.05. The molecule has 26 heavy (non-hydrogen) atoms. The van der Waals surface area contributed by atoms with Crippen LogP contribution in [0, 0.1) is 10.1 Å². The molecular formula is C18H13N3O5. The first-order valence-corrected chi connectivity index (χ1v) is 7.55. The molecule has 3 aromatic rings. The molecule has 8 nitrogen and oxygen atoms in total. The molecule has 0 unspecified atom stereocenters. The third-order valence-corrected chi connectivity index (χ3v) is 3.41. The first-order valence-electron chi connectivity index (χ1n) is 7.55. The van der Waals surface area contributed by atoms with E-state index in [1.165, 1.54) is 12.2 Å². The van der Waals surface area contributed by atoms with Gasteiger partial charge >= 0.3 is 16.9 Å². The minimum absolute atomic E-state index is 0.182. The monoisotopic (exact) mass is 351 g/mol. The predicted octanol–water partition coefficient (Wildman–Crippen LogP) is 2.93. The molecule has 2 aromatic carbocycles. The summed E-state index contributed by atoms with van der Waals surface area (Å²) in [5, 5.41) is 11.0. The number of H-pyrrole nitrogens is 2. The van der Waals surface area contributed by atoms with Crippen molar-refractivity contribution in [2.24, 2.45) is 0 Å². The minimum atomic E-state index is -1.06. The van der Waals surface area contributed by atoms with Gasteiger partial charge in [0.2, 0.25) is 0 Å². The summed E-state index contributed by atoms with van der Waals surface area (Å²) in [5.41, 5.74) is -2.11. The van der Waals surface area contributed by atoms with Crippen LogP contribution in [0.3, 0.4) is 0 Å². The zero-order valence-corrected chi connectivity index (χ0v) is 13.3. The average Bonchev–Trinajstić information content (AvgIpc) is 2.60. The molecule has 2 N–H and O–H groups in total. The van der Waals surface area contributed by atoms with E-state index in [1.807, 2.05) is 35.3 Å². The van der Waals surface area contributed by atoms with Gasteiger partial charge in [0.15, 0.2) is 0 Å². The quantitative estimate of drug-likeness (QED) is 0.541. The van der Waals surface area contributed by atoms with Crippen molar-refractivity contribution in [1.29, 1.82) is 0 Å². The lowest BCUT2D eigenvalue weighted by Crippen LogP contribution is -2.25. The molecule has 0 atom stereocenters. The van der Waals surface area contributed by atoms with Crippen molar-refractivity contribution in [2.45, 2.75) is 0 Å². The van der Waals surface area contributed by atoms with Crippen LogP contribution >= 0.6 is 0 Å². The maximum atomic E-state index is 11.6. The molecular weight excluding hydrogens is 338 g/mol. The van der Waals surface area contributed by atoms with Gasteiger partial charge in [-0.2, -0.15) is 0 Å². The van der Waals surface area contributed by atoms with Crippen molar-refractivity contribution in [3.05, 3.63) is 96.8 Å². The summed E-state index contributed by atoms with van der Waals surface area (Å²) in [5.74, 6) is 1.25. The Balaban J connectivity index is 1.90. The number of hydrogen-bond donors (Lipinski definition) is 2. The van der Waals surface area contributed by atoms with Crippen LogP contribution in [0.15, 0.2) is 64.2 Å². The zero-order valence-electron chi connectivity index (χ0n) is 13.3. The van der Waals surface area contributed by atoms with Crippen molar-refractivity contribution in [3.8, 4) is 11.5 Å². The molecule has 0 aliphatic rings. The molecule has 0 aliphatic heterocycles. The summed E-state index contributed by atoms with van der Waals surface area (Å²) in [7, 11) is 0. The second-order valence-electron chi connectivity index (χ2n) is 5.25. The first kappa shape index (κ1) is 16.9. The van der Waals surface area contributed by atoms with Gasteiger partial charge in [0, 0.05) is 0 Å². The number of aromatic nitrogens is 2. The number of nitrogens with zero attached hydrogens (tertiary/aromatic N) is 1. The highest BCUT2D eigenvalue weighted by atomic mass is 16.6. The number of para-hydroxylation sites is 1. The molecule has 0 aliphatic carbocycles. The van der Waals surface area contributed by atoms with Gasteiger partial charge in [0.25, 0.3) is 0 Å². The molecule has 0 bridgehead atoms. The standard InChI is InChI=1S/C18H13N3O5/c22-17-16(21(24)25)15(19-18(23)20-17)10-9-12-5-4-8-14(11-12)26-13-6-2-1-3-7-13/h1-11H,(H2,19,20,22,23). The van der Waals surface area contributed by atoms with E-state index >= 15 is 0 Å². The van der Waals surface area contributed by atoms with Gasteiger partial charge in [0.1, 0.15) is 17.2 Å². The van der Waals surface area contributed by atoms with Crippen molar-refractivity contribution in [3.63, 3.8) is 0 Å². The van der Waals surface area contributed by atoms with Gasteiger partial charge in [-0.1, -0.05) is 36.4 Å². The van der Waals surface area contributed by atoms with Gasteiger partial charge in [-0.15, -0.1) is 0 Å². The van der Waals surface area contributed by atoms with E-state index in [0.717, 1.165) is 0 Å². The van der Waals surface area contributed by atoms with Crippen LogP contribution in [-0.4, -0.2) is 14.9 Å². The molecule has 0 fully saturated rings. The second kappa shape index (κ2) is 7.31. The van der Waals surface area contributed by atoms with Gasteiger partial charge < -0.3 is 9.72 Å². The molecule has 0 radical (unpaired) electrons. The third kappa shape index (κ3) is 3.93. The van der Waals surface area contributed by atoms with E-state index in [1.54, 1.807) is 24.3 Å². The molecule has 1 heterocycles. The summed E-state index contributed by atoms with van der Waals surface area (Å²) in [6, 6.07) is 16.2. The molecule has 1 aromatic heterocycles. The van der Waals surface area contributed by atoms with E-state index in [-0.39, 0.29) is 5.69 Å². The van der Waals surface area contributed by atoms with E-state index in [9.17, 15) is 19.7 Å². The van der Waals surface area contributed by atoms with Crippen molar-refractivity contribution in [2.75, 3.05) is 0 Å². The molecule has 0 amide bonds. The molecule has 8 heteroatoms. The lowest BCUT2D eigenvalue weighted by molar-refractivity contribution is -0.386. The van der Waals surface area contributed by atoms with Crippen LogP contribution in [-0.2, 0) is 0 Å². The van der Waals surface area contributed by atoms with Crippen molar-refractivity contribution >= 4 is 17.8 Å². The number of ether oxygens (including phenoxy) is 1. The maximum Gasteiger partial charge on any atom is 0.357 e. The molecule has 130 valence electrons. The van der Waals surface area contributed by atoms with E-state index < -0.39 is 21.9 Å². The fourth-order valence-corrected chi connectivity index (χ4v) is 2.29. The highest BCUT2D eigenvalue weighted by molar-refractivity contribution is 5.72. The molecule has 0 spiro atoms. The van der Waals surface area contributed by atoms with Crippen LogP contribution in [0.4, 0.5) is 5.69 Å². The normalized spacial score (nSPS) is 10.8. The number of aromatic amines is 2. The van der Waals surface area contributed by atoms with Crippen LogP contribution in [0.2, 0.25) is 0 Å². The highest BCUT2D eigenvalue weighted by Crippen LogP contribution is 2.23. The van der Waals surface area contributed by atoms with Crippen LogP contribution < -0.4 is 16.0 Å². The fourth-order valence-electron chi connectivity index (χ4n) is 2.29. The Bertz CT molecular complexity index is 1080. The van der Waals surface area contributed by atoms with Crippen molar-refractivity contribution < 1.29 is 9.66 Å².